The number of rotatable bonds is 4. The van der Waals surface area contributed by atoms with Crippen molar-refractivity contribution in [3.8, 4) is 0 Å². The van der Waals surface area contributed by atoms with Gasteiger partial charge in [0.05, 0.1) is 5.56 Å². The van der Waals surface area contributed by atoms with Crippen molar-refractivity contribution in [1.82, 2.24) is 9.97 Å². The van der Waals surface area contributed by atoms with E-state index in [-0.39, 0.29) is 11.8 Å². The van der Waals surface area contributed by atoms with Gasteiger partial charge in [-0.1, -0.05) is 0 Å². The Morgan fingerprint density at radius 2 is 1.28 bits per heavy atom. The molecule has 0 fully saturated rings. The van der Waals surface area contributed by atoms with E-state index in [2.05, 4.69) is 36.5 Å². The normalized spacial score (nSPS) is 10.1. The maximum atomic E-state index is 12.5. The number of aromatic nitrogens is 2. The van der Waals surface area contributed by atoms with Crippen LogP contribution in [0.5, 0.6) is 0 Å². The van der Waals surface area contributed by atoms with Crippen molar-refractivity contribution in [2.24, 2.45) is 0 Å². The second kappa shape index (κ2) is 7.67. The highest BCUT2D eigenvalue weighted by Gasteiger charge is 2.14. The van der Waals surface area contributed by atoms with Crippen LogP contribution in [0.25, 0.3) is 0 Å². The van der Waals surface area contributed by atoms with Gasteiger partial charge in [-0.15, -0.1) is 0 Å². The average Bonchev–Trinajstić information content (AvgIpc) is 2.63. The molecule has 0 saturated heterocycles. The van der Waals surface area contributed by atoms with Crippen LogP contribution in [0, 0.1) is 0 Å². The van der Waals surface area contributed by atoms with Crippen molar-refractivity contribution < 1.29 is 9.59 Å². The zero-order valence-corrected chi connectivity index (χ0v) is 14.5. The molecule has 7 heteroatoms. The Morgan fingerprint density at radius 3 is 1.84 bits per heavy atom. The zero-order valence-electron chi connectivity index (χ0n) is 12.9. The first-order valence-corrected chi connectivity index (χ1v) is 8.15. The maximum absolute atomic E-state index is 12.5. The molecule has 2 heterocycles. The highest BCUT2D eigenvalue weighted by atomic mass is 79.9. The van der Waals surface area contributed by atoms with E-state index >= 15 is 0 Å². The number of amides is 2. The van der Waals surface area contributed by atoms with E-state index in [9.17, 15) is 9.59 Å². The van der Waals surface area contributed by atoms with Crippen LogP contribution in [0.15, 0.2) is 71.7 Å². The molecule has 1 aromatic carbocycles. The summed E-state index contributed by atoms with van der Waals surface area (Å²) in [6, 6.07) is 11.6. The largest absolute Gasteiger partial charge is 0.322 e. The fraction of sp³-hybridized carbons (Fsp3) is 0. The Bertz CT molecular complexity index is 901. The molecule has 0 aliphatic heterocycles. The minimum atomic E-state index is -0.323. The van der Waals surface area contributed by atoms with Crippen molar-refractivity contribution >= 4 is 39.1 Å². The molecule has 3 rings (SSSR count). The molecular weight excluding hydrogens is 384 g/mol. The molecule has 2 aromatic heterocycles. The van der Waals surface area contributed by atoms with E-state index < -0.39 is 0 Å². The van der Waals surface area contributed by atoms with Crippen molar-refractivity contribution in [3.05, 3.63) is 82.9 Å². The van der Waals surface area contributed by atoms with Gasteiger partial charge in [-0.05, 0) is 58.4 Å². The SMILES string of the molecule is O=C(Nc1ccncc1)c1ccc(Br)c(C(=O)Nc2ccncc2)c1. The molecule has 6 nitrogen and oxygen atoms in total. The molecule has 0 saturated carbocycles. The van der Waals surface area contributed by atoms with Crippen LogP contribution in [-0.4, -0.2) is 21.8 Å². The molecule has 2 N–H and O–H groups in total. The summed E-state index contributed by atoms with van der Waals surface area (Å²) in [5.74, 6) is -0.631. The first kappa shape index (κ1) is 16.8. The summed E-state index contributed by atoms with van der Waals surface area (Å²) in [4.78, 5) is 32.6. The van der Waals surface area contributed by atoms with Gasteiger partial charge < -0.3 is 10.6 Å². The molecule has 2 amide bonds. The third-order valence-electron chi connectivity index (χ3n) is 3.35. The number of carbonyl (C=O) groups excluding carboxylic acids is 2. The molecule has 25 heavy (non-hydrogen) atoms. The third kappa shape index (κ3) is 4.27. The predicted molar refractivity (Wildman–Crippen MR) is 98.5 cm³/mol. The van der Waals surface area contributed by atoms with E-state index in [1.807, 2.05) is 0 Å². The fourth-order valence-corrected chi connectivity index (χ4v) is 2.54. The van der Waals surface area contributed by atoms with Gasteiger partial charge in [-0.3, -0.25) is 19.6 Å². The lowest BCUT2D eigenvalue weighted by Gasteiger charge is -2.09. The van der Waals surface area contributed by atoms with Crippen LogP contribution in [0.3, 0.4) is 0 Å². The van der Waals surface area contributed by atoms with Gasteiger partial charge >= 0.3 is 0 Å². The van der Waals surface area contributed by atoms with E-state index in [0.29, 0.717) is 27.0 Å². The van der Waals surface area contributed by atoms with Crippen molar-refractivity contribution in [3.63, 3.8) is 0 Å². The number of carbonyl (C=O) groups is 2. The Kier molecular flexibility index (Phi) is 5.15. The smallest absolute Gasteiger partial charge is 0.256 e. The Balaban J connectivity index is 1.80. The monoisotopic (exact) mass is 396 g/mol. The molecule has 124 valence electrons. The van der Waals surface area contributed by atoms with Crippen LogP contribution in [0.1, 0.15) is 20.7 Å². The predicted octanol–water partition coefficient (Wildman–Crippen LogP) is 3.74. The quantitative estimate of drug-likeness (QED) is 0.703. The van der Waals surface area contributed by atoms with Crippen molar-refractivity contribution in [2.75, 3.05) is 10.6 Å². The number of hydrogen-bond acceptors (Lipinski definition) is 4. The molecule has 0 aliphatic carbocycles. The highest BCUT2D eigenvalue weighted by Crippen LogP contribution is 2.21. The molecule has 0 aliphatic rings. The van der Waals surface area contributed by atoms with Crippen LogP contribution in [0.4, 0.5) is 11.4 Å². The number of anilines is 2. The van der Waals surface area contributed by atoms with E-state index in [4.69, 9.17) is 0 Å². The second-order valence-corrected chi connectivity index (χ2v) is 5.93. The first-order valence-electron chi connectivity index (χ1n) is 7.36. The summed E-state index contributed by atoms with van der Waals surface area (Å²) in [6.07, 6.45) is 6.35. The fourth-order valence-electron chi connectivity index (χ4n) is 2.11. The van der Waals surface area contributed by atoms with Gasteiger partial charge in [0.15, 0.2) is 0 Å². The number of nitrogens with one attached hydrogen (secondary N) is 2. The van der Waals surface area contributed by atoms with Gasteiger partial charge in [0.1, 0.15) is 0 Å². The lowest BCUT2D eigenvalue weighted by molar-refractivity contribution is 0.102. The third-order valence-corrected chi connectivity index (χ3v) is 4.04. The topological polar surface area (TPSA) is 84.0 Å². The van der Waals surface area contributed by atoms with Crippen molar-refractivity contribution in [2.45, 2.75) is 0 Å². The zero-order chi connectivity index (χ0) is 17.6. The lowest BCUT2D eigenvalue weighted by Crippen LogP contribution is -2.16. The van der Waals surface area contributed by atoms with E-state index in [0.717, 1.165) is 0 Å². The minimum Gasteiger partial charge on any atom is -0.322 e. The average molecular weight is 397 g/mol. The second-order valence-electron chi connectivity index (χ2n) is 5.07. The number of pyridine rings is 2. The van der Waals surface area contributed by atoms with Crippen molar-refractivity contribution in [1.29, 1.82) is 0 Å². The Labute approximate surface area is 152 Å². The van der Waals surface area contributed by atoms with Gasteiger partial charge in [-0.25, -0.2) is 0 Å². The maximum Gasteiger partial charge on any atom is 0.256 e. The molecule has 0 spiro atoms. The van der Waals surface area contributed by atoms with Crippen LogP contribution in [0.2, 0.25) is 0 Å². The molecule has 3 aromatic rings. The summed E-state index contributed by atoms with van der Waals surface area (Å²) < 4.78 is 0.597. The summed E-state index contributed by atoms with van der Waals surface area (Å²) in [5, 5.41) is 5.53. The highest BCUT2D eigenvalue weighted by molar-refractivity contribution is 9.10. The van der Waals surface area contributed by atoms with Crippen LogP contribution in [-0.2, 0) is 0 Å². The summed E-state index contributed by atoms with van der Waals surface area (Å²) in [6.45, 7) is 0. The van der Waals surface area contributed by atoms with Gasteiger partial charge in [0.25, 0.3) is 11.8 Å². The summed E-state index contributed by atoms with van der Waals surface area (Å²) >= 11 is 3.35. The van der Waals surface area contributed by atoms with Crippen LogP contribution >= 0.6 is 15.9 Å². The Morgan fingerprint density at radius 1 is 0.760 bits per heavy atom. The van der Waals surface area contributed by atoms with Gasteiger partial charge in [0, 0.05) is 46.2 Å². The molecule has 0 atom stereocenters. The first-order chi connectivity index (χ1) is 12.1. The standard InChI is InChI=1S/C18H13BrN4O2/c19-16-2-1-12(17(24)22-13-3-7-20-8-4-13)11-15(16)18(25)23-14-5-9-21-10-6-14/h1-11H,(H,20,22,24)(H,21,23,25). The van der Waals surface area contributed by atoms with Gasteiger partial charge in [-0.2, -0.15) is 0 Å². The number of hydrogen-bond donors (Lipinski definition) is 2. The number of nitrogens with zero attached hydrogens (tertiary/aromatic N) is 2. The lowest BCUT2D eigenvalue weighted by atomic mass is 10.1. The van der Waals surface area contributed by atoms with E-state index in [1.54, 1.807) is 61.2 Å². The Hall–Kier alpha value is -3.06. The molecule has 0 unspecified atom stereocenters. The minimum absolute atomic E-state index is 0.309. The van der Waals surface area contributed by atoms with Gasteiger partial charge in [0.2, 0.25) is 0 Å². The van der Waals surface area contributed by atoms with Crippen LogP contribution < -0.4 is 10.6 Å². The number of benzene rings is 1. The molecule has 0 radical (unpaired) electrons. The molecular formula is C18H13BrN4O2. The van der Waals surface area contributed by atoms with E-state index in [1.165, 1.54) is 6.07 Å². The summed E-state index contributed by atoms with van der Waals surface area (Å²) in [5.41, 5.74) is 1.99. The molecule has 0 bridgehead atoms. The number of halogens is 1. The summed E-state index contributed by atoms with van der Waals surface area (Å²) in [7, 11) is 0.